The summed E-state index contributed by atoms with van der Waals surface area (Å²) in [5.74, 6) is 0.416. The first-order chi connectivity index (χ1) is 8.56. The van der Waals surface area contributed by atoms with E-state index in [0.717, 1.165) is 0 Å². The fourth-order valence-corrected chi connectivity index (χ4v) is 1.57. The highest BCUT2D eigenvalue weighted by molar-refractivity contribution is 7.80. The molecule has 6 heteroatoms. The Hall–Kier alpha value is -1.72. The van der Waals surface area contributed by atoms with Crippen LogP contribution in [0.5, 0.6) is 11.5 Å². The van der Waals surface area contributed by atoms with Gasteiger partial charge in [0.25, 0.3) is 0 Å². The molecule has 0 bridgehead atoms. The van der Waals surface area contributed by atoms with Crippen molar-refractivity contribution >= 4 is 28.8 Å². The molecule has 0 aliphatic carbocycles. The molecule has 1 aromatic heterocycles. The van der Waals surface area contributed by atoms with Crippen molar-refractivity contribution < 1.29 is 9.13 Å². The van der Waals surface area contributed by atoms with E-state index in [2.05, 4.69) is 4.98 Å². The lowest BCUT2D eigenvalue weighted by atomic mass is 10.3. The zero-order valence-corrected chi connectivity index (χ0v) is 10.6. The van der Waals surface area contributed by atoms with Gasteiger partial charge in [0.1, 0.15) is 28.0 Å². The molecule has 0 aliphatic heterocycles. The largest absolute Gasteiger partial charge is 0.457 e. The Morgan fingerprint density at radius 1 is 1.28 bits per heavy atom. The van der Waals surface area contributed by atoms with Gasteiger partial charge < -0.3 is 10.5 Å². The van der Waals surface area contributed by atoms with E-state index in [1.165, 1.54) is 24.4 Å². The minimum atomic E-state index is -0.498. The van der Waals surface area contributed by atoms with Crippen LogP contribution >= 0.6 is 23.8 Å². The maximum absolute atomic E-state index is 13.0. The molecule has 1 aromatic carbocycles. The quantitative estimate of drug-likeness (QED) is 0.878. The highest BCUT2D eigenvalue weighted by Crippen LogP contribution is 2.26. The molecule has 0 radical (unpaired) electrons. The van der Waals surface area contributed by atoms with Gasteiger partial charge in [0.15, 0.2) is 0 Å². The van der Waals surface area contributed by atoms with E-state index in [4.69, 9.17) is 34.3 Å². The lowest BCUT2D eigenvalue weighted by molar-refractivity contribution is 0.480. The van der Waals surface area contributed by atoms with Crippen LogP contribution in [-0.4, -0.2) is 9.97 Å². The number of aromatic nitrogens is 1. The molecule has 2 aromatic rings. The highest BCUT2D eigenvalue weighted by atomic mass is 35.5. The number of nitrogens with zero attached hydrogens (tertiary/aromatic N) is 1. The van der Waals surface area contributed by atoms with Crippen LogP contribution in [0.15, 0.2) is 36.5 Å². The van der Waals surface area contributed by atoms with Crippen LogP contribution in [0, 0.1) is 5.82 Å². The monoisotopic (exact) mass is 282 g/mol. The molecular formula is C12H8ClFN2OS. The molecule has 1 heterocycles. The SMILES string of the molecule is NC(=S)c1cc(Oc2ccc(F)c(Cl)c2)ccn1. The van der Waals surface area contributed by atoms with Gasteiger partial charge in [-0.25, -0.2) is 4.39 Å². The summed E-state index contributed by atoms with van der Waals surface area (Å²) in [4.78, 5) is 4.16. The smallest absolute Gasteiger partial charge is 0.142 e. The highest BCUT2D eigenvalue weighted by Gasteiger charge is 2.05. The van der Waals surface area contributed by atoms with Gasteiger partial charge in [-0.1, -0.05) is 23.8 Å². The molecule has 2 rings (SSSR count). The second-order valence-corrected chi connectivity index (χ2v) is 4.27. The number of hydrogen-bond donors (Lipinski definition) is 1. The summed E-state index contributed by atoms with van der Waals surface area (Å²) in [6.45, 7) is 0. The van der Waals surface area contributed by atoms with E-state index in [1.807, 2.05) is 0 Å². The topological polar surface area (TPSA) is 48.1 Å². The minimum Gasteiger partial charge on any atom is -0.457 e. The van der Waals surface area contributed by atoms with Crippen molar-refractivity contribution in [3.05, 3.63) is 53.1 Å². The zero-order valence-electron chi connectivity index (χ0n) is 9.06. The van der Waals surface area contributed by atoms with Crippen molar-refractivity contribution in [2.45, 2.75) is 0 Å². The van der Waals surface area contributed by atoms with Crippen LogP contribution in [0.3, 0.4) is 0 Å². The van der Waals surface area contributed by atoms with Gasteiger partial charge in [-0.3, -0.25) is 4.98 Å². The van der Waals surface area contributed by atoms with Gasteiger partial charge in [-0.15, -0.1) is 0 Å². The third-order valence-electron chi connectivity index (χ3n) is 2.11. The van der Waals surface area contributed by atoms with Crippen molar-refractivity contribution in [3.8, 4) is 11.5 Å². The van der Waals surface area contributed by atoms with E-state index in [-0.39, 0.29) is 10.0 Å². The predicted octanol–water partition coefficient (Wildman–Crippen LogP) is 3.30. The molecule has 0 amide bonds. The molecule has 0 atom stereocenters. The van der Waals surface area contributed by atoms with Gasteiger partial charge in [0.2, 0.25) is 0 Å². The summed E-state index contributed by atoms with van der Waals surface area (Å²) in [5, 5.41) is -0.00359. The molecule has 0 saturated heterocycles. The van der Waals surface area contributed by atoms with E-state index in [1.54, 1.807) is 12.1 Å². The van der Waals surface area contributed by atoms with Crippen molar-refractivity contribution in [2.75, 3.05) is 0 Å². The van der Waals surface area contributed by atoms with E-state index < -0.39 is 5.82 Å². The minimum absolute atomic E-state index is 0.00359. The normalized spacial score (nSPS) is 10.1. The van der Waals surface area contributed by atoms with Crippen LogP contribution in [-0.2, 0) is 0 Å². The first-order valence-electron chi connectivity index (χ1n) is 4.95. The molecule has 2 N–H and O–H groups in total. The lowest BCUT2D eigenvalue weighted by Crippen LogP contribution is -2.11. The Kier molecular flexibility index (Phi) is 3.74. The lowest BCUT2D eigenvalue weighted by Gasteiger charge is -2.07. The summed E-state index contributed by atoms with van der Waals surface area (Å²) < 4.78 is 18.5. The number of benzene rings is 1. The second kappa shape index (κ2) is 5.29. The average Bonchev–Trinajstić information content (AvgIpc) is 2.34. The maximum atomic E-state index is 13.0. The van der Waals surface area contributed by atoms with Crippen molar-refractivity contribution in [2.24, 2.45) is 5.73 Å². The van der Waals surface area contributed by atoms with E-state index >= 15 is 0 Å². The molecule has 0 spiro atoms. The van der Waals surface area contributed by atoms with Gasteiger partial charge >= 0.3 is 0 Å². The fourth-order valence-electron chi connectivity index (χ4n) is 1.29. The van der Waals surface area contributed by atoms with Crippen LogP contribution in [0.2, 0.25) is 5.02 Å². The number of halogens is 2. The summed E-state index contributed by atoms with van der Waals surface area (Å²) in [6.07, 6.45) is 1.52. The zero-order chi connectivity index (χ0) is 13.1. The van der Waals surface area contributed by atoms with Crippen LogP contribution in [0.25, 0.3) is 0 Å². The fraction of sp³-hybridized carbons (Fsp3) is 0. The first-order valence-corrected chi connectivity index (χ1v) is 5.73. The third kappa shape index (κ3) is 2.94. The summed E-state index contributed by atoms with van der Waals surface area (Å²) in [6, 6.07) is 7.33. The maximum Gasteiger partial charge on any atom is 0.142 e. The van der Waals surface area contributed by atoms with Gasteiger partial charge in [0.05, 0.1) is 5.02 Å². The van der Waals surface area contributed by atoms with Gasteiger partial charge in [-0.2, -0.15) is 0 Å². The molecule has 0 fully saturated rings. The number of hydrogen-bond acceptors (Lipinski definition) is 3. The third-order valence-corrected chi connectivity index (χ3v) is 2.61. The predicted molar refractivity (Wildman–Crippen MR) is 71.6 cm³/mol. The summed E-state index contributed by atoms with van der Waals surface area (Å²) >= 11 is 10.5. The number of rotatable bonds is 3. The van der Waals surface area contributed by atoms with Crippen LogP contribution < -0.4 is 10.5 Å². The van der Waals surface area contributed by atoms with Crippen LogP contribution in [0.1, 0.15) is 5.69 Å². The average molecular weight is 283 g/mol. The Balaban J connectivity index is 2.25. The Morgan fingerprint density at radius 2 is 2.00 bits per heavy atom. The van der Waals surface area contributed by atoms with Crippen molar-refractivity contribution in [3.63, 3.8) is 0 Å². The van der Waals surface area contributed by atoms with Crippen molar-refractivity contribution in [1.82, 2.24) is 4.98 Å². The molecule has 18 heavy (non-hydrogen) atoms. The Bertz CT molecular complexity index is 606. The second-order valence-electron chi connectivity index (χ2n) is 3.42. The van der Waals surface area contributed by atoms with Gasteiger partial charge in [-0.05, 0) is 18.2 Å². The van der Waals surface area contributed by atoms with Crippen molar-refractivity contribution in [1.29, 1.82) is 0 Å². The molecule has 0 unspecified atom stereocenters. The summed E-state index contributed by atoms with van der Waals surface area (Å²) in [5.41, 5.74) is 5.92. The molecule has 0 aliphatic rings. The summed E-state index contributed by atoms with van der Waals surface area (Å²) in [7, 11) is 0. The number of nitrogens with two attached hydrogens (primary N) is 1. The van der Waals surface area contributed by atoms with Crippen LogP contribution in [0.4, 0.5) is 4.39 Å². The molecule has 92 valence electrons. The number of thiocarbonyl (C=S) groups is 1. The van der Waals surface area contributed by atoms with E-state index in [9.17, 15) is 4.39 Å². The molecule has 0 saturated carbocycles. The molecule has 3 nitrogen and oxygen atoms in total. The Labute approximate surface area is 113 Å². The molecular weight excluding hydrogens is 275 g/mol. The standard InChI is InChI=1S/C12H8ClFN2OS/c13-9-5-7(1-2-10(9)14)17-8-3-4-16-11(6-8)12(15)18/h1-6H,(H2,15,18). The first kappa shape index (κ1) is 12.7. The number of pyridine rings is 1. The Morgan fingerprint density at radius 3 is 2.67 bits per heavy atom. The van der Waals surface area contributed by atoms with E-state index in [0.29, 0.717) is 17.2 Å². The number of ether oxygens (including phenoxy) is 1. The van der Waals surface area contributed by atoms with Gasteiger partial charge in [0, 0.05) is 18.3 Å².